The summed E-state index contributed by atoms with van der Waals surface area (Å²) in [7, 11) is 1.59. The van der Waals surface area contributed by atoms with Crippen molar-refractivity contribution in [2.75, 3.05) is 18.9 Å². The number of nitrogens with one attached hydrogen (secondary N) is 2. The molecule has 0 aromatic heterocycles. The molecule has 5 nitrogen and oxygen atoms in total. The highest BCUT2D eigenvalue weighted by molar-refractivity contribution is 7.97. The van der Waals surface area contributed by atoms with Gasteiger partial charge in [0.05, 0.1) is 0 Å². The number of anilines is 1. The van der Waals surface area contributed by atoms with E-state index in [-0.39, 0.29) is 11.8 Å². The smallest absolute Gasteiger partial charge is 0.254 e. The SMILES string of the molecule is CCNSc1ccc(NC(=O)[C@H](Cc2ccccc2)N(C)C(=O)c2ccc(F)cc2)cc1. The van der Waals surface area contributed by atoms with Crippen molar-refractivity contribution in [3.05, 3.63) is 95.8 Å². The molecular formula is C25H26FN3O2S. The first kappa shape index (κ1) is 23.5. The monoisotopic (exact) mass is 451 g/mol. The molecule has 0 spiro atoms. The molecular weight excluding hydrogens is 425 g/mol. The molecule has 0 radical (unpaired) electrons. The molecule has 0 saturated heterocycles. The fourth-order valence-electron chi connectivity index (χ4n) is 3.17. The highest BCUT2D eigenvalue weighted by atomic mass is 32.2. The lowest BCUT2D eigenvalue weighted by Crippen LogP contribution is -2.46. The van der Waals surface area contributed by atoms with Crippen LogP contribution >= 0.6 is 11.9 Å². The average Bonchev–Trinajstić information content (AvgIpc) is 2.82. The molecule has 0 bridgehead atoms. The zero-order chi connectivity index (χ0) is 22.9. The molecule has 3 aromatic rings. The largest absolute Gasteiger partial charge is 0.329 e. The van der Waals surface area contributed by atoms with E-state index < -0.39 is 11.9 Å². The number of rotatable bonds is 9. The second-order valence-electron chi connectivity index (χ2n) is 7.24. The van der Waals surface area contributed by atoms with Crippen molar-refractivity contribution in [3.8, 4) is 0 Å². The highest BCUT2D eigenvalue weighted by Gasteiger charge is 2.28. The Bertz CT molecular complexity index is 1030. The highest BCUT2D eigenvalue weighted by Crippen LogP contribution is 2.19. The van der Waals surface area contributed by atoms with E-state index in [1.807, 2.05) is 61.5 Å². The van der Waals surface area contributed by atoms with Gasteiger partial charge in [0, 0.05) is 36.2 Å². The molecule has 0 aliphatic heterocycles. The van der Waals surface area contributed by atoms with Gasteiger partial charge in [0.25, 0.3) is 5.91 Å². The molecule has 7 heteroatoms. The molecule has 2 amide bonds. The van der Waals surface area contributed by atoms with Crippen LogP contribution in [-0.2, 0) is 11.2 Å². The van der Waals surface area contributed by atoms with Crippen LogP contribution in [0.2, 0.25) is 0 Å². The van der Waals surface area contributed by atoms with Crippen molar-refractivity contribution >= 4 is 29.4 Å². The minimum Gasteiger partial charge on any atom is -0.329 e. The number of amides is 2. The molecule has 32 heavy (non-hydrogen) atoms. The van der Waals surface area contributed by atoms with Crippen molar-refractivity contribution in [1.82, 2.24) is 9.62 Å². The first-order valence-electron chi connectivity index (χ1n) is 10.3. The fraction of sp³-hybridized carbons (Fsp3) is 0.200. The molecule has 3 rings (SSSR count). The van der Waals surface area contributed by atoms with Crippen LogP contribution in [-0.4, -0.2) is 36.3 Å². The predicted octanol–water partition coefficient (Wildman–Crippen LogP) is 4.76. The van der Waals surface area contributed by atoms with Gasteiger partial charge in [-0.15, -0.1) is 0 Å². The van der Waals surface area contributed by atoms with E-state index in [9.17, 15) is 14.0 Å². The molecule has 2 N–H and O–H groups in total. The lowest BCUT2D eigenvalue weighted by Gasteiger charge is -2.28. The molecule has 166 valence electrons. The molecule has 0 aliphatic carbocycles. The third kappa shape index (κ3) is 6.42. The number of nitrogens with zero attached hydrogens (tertiary/aromatic N) is 1. The topological polar surface area (TPSA) is 61.4 Å². The maximum Gasteiger partial charge on any atom is 0.254 e. The van der Waals surface area contributed by atoms with E-state index in [2.05, 4.69) is 10.0 Å². The van der Waals surface area contributed by atoms with Gasteiger partial charge in [-0.05, 0) is 66.0 Å². The molecule has 0 saturated carbocycles. The minimum absolute atomic E-state index is 0.293. The van der Waals surface area contributed by atoms with E-state index in [0.29, 0.717) is 17.7 Å². The van der Waals surface area contributed by atoms with E-state index >= 15 is 0 Å². The van der Waals surface area contributed by atoms with Gasteiger partial charge in [-0.3, -0.25) is 14.3 Å². The third-order valence-corrected chi connectivity index (χ3v) is 5.85. The van der Waals surface area contributed by atoms with Crippen LogP contribution < -0.4 is 10.0 Å². The van der Waals surface area contributed by atoms with Crippen molar-refractivity contribution in [3.63, 3.8) is 0 Å². The molecule has 0 aliphatic rings. The number of hydrogen-bond donors (Lipinski definition) is 2. The van der Waals surface area contributed by atoms with Crippen LogP contribution in [0.25, 0.3) is 0 Å². The first-order chi connectivity index (χ1) is 15.5. The van der Waals surface area contributed by atoms with E-state index in [1.54, 1.807) is 7.05 Å². The average molecular weight is 452 g/mol. The normalized spacial score (nSPS) is 11.6. The summed E-state index contributed by atoms with van der Waals surface area (Å²) < 4.78 is 16.4. The van der Waals surface area contributed by atoms with Gasteiger partial charge in [-0.1, -0.05) is 37.3 Å². The number of benzene rings is 3. The Morgan fingerprint density at radius 3 is 2.25 bits per heavy atom. The van der Waals surface area contributed by atoms with Gasteiger partial charge in [0.2, 0.25) is 5.91 Å². The van der Waals surface area contributed by atoms with Crippen LogP contribution in [0.5, 0.6) is 0 Å². The number of carbonyl (C=O) groups is 2. The van der Waals surface area contributed by atoms with Gasteiger partial charge in [0.1, 0.15) is 11.9 Å². The van der Waals surface area contributed by atoms with Crippen molar-refractivity contribution < 1.29 is 14.0 Å². The maximum absolute atomic E-state index is 13.3. The minimum atomic E-state index is -0.745. The van der Waals surface area contributed by atoms with Crippen molar-refractivity contribution in [2.45, 2.75) is 24.3 Å². The molecule has 0 fully saturated rings. The number of carbonyl (C=O) groups excluding carboxylic acids is 2. The van der Waals surface area contributed by atoms with Gasteiger partial charge in [0.15, 0.2) is 0 Å². The zero-order valence-electron chi connectivity index (χ0n) is 18.0. The number of likely N-dealkylation sites (N-methyl/N-ethyl adjacent to an activating group) is 1. The van der Waals surface area contributed by atoms with E-state index in [1.165, 1.54) is 41.1 Å². The summed E-state index contributed by atoms with van der Waals surface area (Å²) in [5.74, 6) is -1.06. The lowest BCUT2D eigenvalue weighted by molar-refractivity contribution is -0.120. The van der Waals surface area contributed by atoms with Gasteiger partial charge in [-0.25, -0.2) is 4.39 Å². The molecule has 0 heterocycles. The van der Waals surface area contributed by atoms with Crippen molar-refractivity contribution in [1.29, 1.82) is 0 Å². The first-order valence-corrected chi connectivity index (χ1v) is 11.2. The summed E-state index contributed by atoms with van der Waals surface area (Å²) in [6, 6.07) is 21.6. The van der Waals surface area contributed by atoms with Crippen LogP contribution in [0.15, 0.2) is 83.8 Å². The summed E-state index contributed by atoms with van der Waals surface area (Å²) in [4.78, 5) is 28.7. The van der Waals surface area contributed by atoms with Gasteiger partial charge < -0.3 is 10.2 Å². The summed E-state index contributed by atoms with van der Waals surface area (Å²) in [5.41, 5.74) is 1.91. The Morgan fingerprint density at radius 1 is 0.969 bits per heavy atom. The van der Waals surface area contributed by atoms with E-state index in [4.69, 9.17) is 0 Å². The Balaban J connectivity index is 1.79. The summed E-state index contributed by atoms with van der Waals surface area (Å²) in [5, 5.41) is 2.92. The standard InChI is InChI=1S/C25H26FN3O2S/c1-3-27-32-22-15-13-21(14-16-22)28-24(30)23(17-18-7-5-4-6-8-18)29(2)25(31)19-9-11-20(26)12-10-19/h4-16,23,27H,3,17H2,1-2H3,(H,28,30)/t23-/m0/s1. The zero-order valence-corrected chi connectivity index (χ0v) is 18.9. The molecule has 0 unspecified atom stereocenters. The third-order valence-electron chi connectivity index (χ3n) is 4.91. The summed E-state index contributed by atoms with van der Waals surface area (Å²) >= 11 is 1.52. The quantitative estimate of drug-likeness (QED) is 0.461. The van der Waals surface area contributed by atoms with Gasteiger partial charge in [-0.2, -0.15) is 0 Å². The number of halogens is 1. The van der Waals surface area contributed by atoms with Gasteiger partial charge >= 0.3 is 0 Å². The fourth-order valence-corrected chi connectivity index (χ4v) is 3.75. The number of hydrogen-bond acceptors (Lipinski definition) is 4. The van der Waals surface area contributed by atoms with Crippen LogP contribution in [0, 0.1) is 5.82 Å². The Labute approximate surface area is 192 Å². The second-order valence-corrected chi connectivity index (χ2v) is 8.21. The Morgan fingerprint density at radius 2 is 1.62 bits per heavy atom. The lowest BCUT2D eigenvalue weighted by atomic mass is 10.0. The Kier molecular flexibility index (Phi) is 8.41. The van der Waals surface area contributed by atoms with Crippen molar-refractivity contribution in [2.24, 2.45) is 0 Å². The van der Waals surface area contributed by atoms with Crippen LogP contribution in [0.3, 0.4) is 0 Å². The van der Waals surface area contributed by atoms with E-state index in [0.717, 1.165) is 17.0 Å². The predicted molar refractivity (Wildman–Crippen MR) is 127 cm³/mol. The molecule has 1 atom stereocenters. The van der Waals surface area contributed by atoms with Crippen LogP contribution in [0.4, 0.5) is 10.1 Å². The summed E-state index contributed by atoms with van der Waals surface area (Å²) in [6.07, 6.45) is 0.352. The summed E-state index contributed by atoms with van der Waals surface area (Å²) in [6.45, 7) is 2.87. The molecule has 3 aromatic carbocycles. The second kappa shape index (κ2) is 11.5. The Hall–Kier alpha value is -3.16. The maximum atomic E-state index is 13.3. The van der Waals surface area contributed by atoms with Crippen LogP contribution in [0.1, 0.15) is 22.8 Å².